The third kappa shape index (κ3) is 5.02. The maximum absolute atomic E-state index is 4.64. The second-order valence-electron chi connectivity index (χ2n) is 5.85. The largest absolute Gasteiger partial charge is 0.370 e. The lowest BCUT2D eigenvalue weighted by Gasteiger charge is -2.21. The highest BCUT2D eigenvalue weighted by molar-refractivity contribution is 5.41. The molecule has 0 radical (unpaired) electrons. The Hall–Kier alpha value is -2.10. The van der Waals surface area contributed by atoms with E-state index in [1.807, 2.05) is 18.3 Å². The van der Waals surface area contributed by atoms with Crippen molar-refractivity contribution in [3.8, 4) is 0 Å². The van der Waals surface area contributed by atoms with Crippen molar-refractivity contribution in [3.05, 3.63) is 48.2 Å². The summed E-state index contributed by atoms with van der Waals surface area (Å²) in [4.78, 5) is 11.2. The fraction of sp³-hybridized carbons (Fsp3) is 0.444. The molecule has 118 valence electrons. The van der Waals surface area contributed by atoms with Crippen LogP contribution in [-0.2, 0) is 6.54 Å². The van der Waals surface area contributed by atoms with E-state index in [4.69, 9.17) is 0 Å². The van der Waals surface area contributed by atoms with Gasteiger partial charge in [-0.05, 0) is 30.9 Å². The summed E-state index contributed by atoms with van der Waals surface area (Å²) in [6.45, 7) is 9.23. The molecule has 1 aromatic carbocycles. The van der Waals surface area contributed by atoms with Crippen molar-refractivity contribution >= 4 is 11.8 Å². The van der Waals surface area contributed by atoms with Crippen molar-refractivity contribution in [3.63, 3.8) is 0 Å². The van der Waals surface area contributed by atoms with E-state index in [9.17, 15) is 0 Å². The molecule has 0 aliphatic carbocycles. The van der Waals surface area contributed by atoms with E-state index in [-0.39, 0.29) is 0 Å². The van der Waals surface area contributed by atoms with Crippen LogP contribution in [0.3, 0.4) is 0 Å². The molecule has 2 aromatic rings. The van der Waals surface area contributed by atoms with E-state index < -0.39 is 0 Å². The van der Waals surface area contributed by atoms with Crippen LogP contribution in [-0.4, -0.2) is 23.1 Å². The molecule has 1 N–H and O–H groups in total. The second-order valence-corrected chi connectivity index (χ2v) is 5.85. The molecule has 0 aliphatic heterocycles. The van der Waals surface area contributed by atoms with E-state index in [1.54, 1.807) is 0 Å². The number of nitrogens with zero attached hydrogens (tertiary/aromatic N) is 3. The molecule has 0 fully saturated rings. The predicted octanol–water partition coefficient (Wildman–Crippen LogP) is 3.96. The first-order valence-corrected chi connectivity index (χ1v) is 8.04. The number of hydrogen-bond donors (Lipinski definition) is 1. The molecule has 0 aliphatic rings. The lowest BCUT2D eigenvalue weighted by molar-refractivity contribution is 0.606. The van der Waals surface area contributed by atoms with Crippen LogP contribution in [0.2, 0.25) is 0 Å². The van der Waals surface area contributed by atoms with Crippen LogP contribution in [0.15, 0.2) is 42.6 Å². The normalized spacial score (nSPS) is 10.7. The molecule has 0 unspecified atom stereocenters. The summed E-state index contributed by atoms with van der Waals surface area (Å²) >= 11 is 0. The van der Waals surface area contributed by atoms with Gasteiger partial charge in [-0.15, -0.1) is 0 Å². The van der Waals surface area contributed by atoms with E-state index in [2.05, 4.69) is 65.2 Å². The van der Waals surface area contributed by atoms with Gasteiger partial charge in [0.1, 0.15) is 5.82 Å². The molecule has 0 bridgehead atoms. The Kier molecular flexibility index (Phi) is 6.19. The van der Waals surface area contributed by atoms with Crippen molar-refractivity contribution in [2.75, 3.05) is 23.3 Å². The standard InChI is InChI=1S/C18H26N4/c1-4-22(14-16-8-6-5-7-9-16)18-20-13-11-17(21-18)19-12-10-15(2)3/h5-9,11,13,15H,4,10,12,14H2,1-3H3,(H,19,20,21). The fourth-order valence-electron chi connectivity index (χ4n) is 2.22. The molecule has 0 atom stereocenters. The lowest BCUT2D eigenvalue weighted by Crippen LogP contribution is -2.24. The minimum atomic E-state index is 0.694. The molecule has 0 amide bonds. The highest BCUT2D eigenvalue weighted by Gasteiger charge is 2.09. The summed E-state index contributed by atoms with van der Waals surface area (Å²) in [6, 6.07) is 12.4. The first-order chi connectivity index (χ1) is 10.7. The second kappa shape index (κ2) is 8.37. The highest BCUT2D eigenvalue weighted by Crippen LogP contribution is 2.14. The molecular weight excluding hydrogens is 272 g/mol. The SMILES string of the molecule is CCN(Cc1ccccc1)c1nccc(NCCC(C)C)n1. The van der Waals surface area contributed by atoms with Crippen LogP contribution in [0.5, 0.6) is 0 Å². The monoisotopic (exact) mass is 298 g/mol. The fourth-order valence-corrected chi connectivity index (χ4v) is 2.22. The molecule has 22 heavy (non-hydrogen) atoms. The van der Waals surface area contributed by atoms with Gasteiger partial charge in [0.15, 0.2) is 0 Å². The average molecular weight is 298 g/mol. The highest BCUT2D eigenvalue weighted by atomic mass is 15.3. The number of aromatic nitrogens is 2. The minimum Gasteiger partial charge on any atom is -0.370 e. The van der Waals surface area contributed by atoms with E-state index >= 15 is 0 Å². The molecule has 0 saturated heterocycles. The maximum Gasteiger partial charge on any atom is 0.227 e. The van der Waals surface area contributed by atoms with Gasteiger partial charge in [0.25, 0.3) is 0 Å². The van der Waals surface area contributed by atoms with Crippen molar-refractivity contribution < 1.29 is 0 Å². The van der Waals surface area contributed by atoms with Crippen LogP contribution in [0.4, 0.5) is 11.8 Å². The Balaban J connectivity index is 2.02. The summed E-state index contributed by atoms with van der Waals surface area (Å²) < 4.78 is 0. The van der Waals surface area contributed by atoms with Gasteiger partial charge in [0, 0.05) is 25.8 Å². The molecule has 4 nitrogen and oxygen atoms in total. The zero-order valence-corrected chi connectivity index (χ0v) is 13.8. The van der Waals surface area contributed by atoms with Crippen LogP contribution in [0.1, 0.15) is 32.8 Å². The summed E-state index contributed by atoms with van der Waals surface area (Å²) in [5.41, 5.74) is 1.27. The van der Waals surface area contributed by atoms with Crippen molar-refractivity contribution in [1.82, 2.24) is 9.97 Å². The van der Waals surface area contributed by atoms with Crippen molar-refractivity contribution in [1.29, 1.82) is 0 Å². The zero-order chi connectivity index (χ0) is 15.8. The predicted molar refractivity (Wildman–Crippen MR) is 93.1 cm³/mol. The Morgan fingerprint density at radius 1 is 1.14 bits per heavy atom. The Bertz CT molecular complexity index is 554. The Morgan fingerprint density at radius 3 is 2.59 bits per heavy atom. The van der Waals surface area contributed by atoms with E-state index in [0.717, 1.165) is 37.8 Å². The summed E-state index contributed by atoms with van der Waals surface area (Å²) in [5, 5.41) is 3.38. The average Bonchev–Trinajstić information content (AvgIpc) is 2.53. The van der Waals surface area contributed by atoms with Gasteiger partial charge in [0.2, 0.25) is 5.95 Å². The van der Waals surface area contributed by atoms with Crippen LogP contribution in [0.25, 0.3) is 0 Å². The van der Waals surface area contributed by atoms with Gasteiger partial charge in [0.05, 0.1) is 0 Å². The lowest BCUT2D eigenvalue weighted by atomic mass is 10.1. The number of nitrogens with one attached hydrogen (secondary N) is 1. The topological polar surface area (TPSA) is 41.1 Å². The molecule has 4 heteroatoms. The third-order valence-electron chi connectivity index (χ3n) is 3.55. The molecular formula is C18H26N4. The Morgan fingerprint density at radius 2 is 1.91 bits per heavy atom. The van der Waals surface area contributed by atoms with Gasteiger partial charge in [-0.25, -0.2) is 4.98 Å². The number of benzene rings is 1. The first-order valence-electron chi connectivity index (χ1n) is 8.04. The third-order valence-corrected chi connectivity index (χ3v) is 3.55. The van der Waals surface area contributed by atoms with Gasteiger partial charge in [-0.1, -0.05) is 44.2 Å². The van der Waals surface area contributed by atoms with Gasteiger partial charge in [-0.3, -0.25) is 0 Å². The first kappa shape index (κ1) is 16.3. The number of rotatable bonds is 8. The van der Waals surface area contributed by atoms with Gasteiger partial charge < -0.3 is 10.2 Å². The molecule has 1 aromatic heterocycles. The maximum atomic E-state index is 4.64. The summed E-state index contributed by atoms with van der Waals surface area (Å²) in [7, 11) is 0. The number of hydrogen-bond acceptors (Lipinski definition) is 4. The van der Waals surface area contributed by atoms with E-state index in [0.29, 0.717) is 5.92 Å². The Labute approximate surface area is 133 Å². The summed E-state index contributed by atoms with van der Waals surface area (Å²) in [5.74, 6) is 2.37. The zero-order valence-electron chi connectivity index (χ0n) is 13.8. The van der Waals surface area contributed by atoms with Crippen LogP contribution >= 0.6 is 0 Å². The molecule has 1 heterocycles. The summed E-state index contributed by atoms with van der Waals surface area (Å²) in [6.07, 6.45) is 2.97. The molecule has 0 spiro atoms. The van der Waals surface area contributed by atoms with Crippen LogP contribution < -0.4 is 10.2 Å². The molecule has 0 saturated carbocycles. The van der Waals surface area contributed by atoms with Gasteiger partial charge >= 0.3 is 0 Å². The minimum absolute atomic E-state index is 0.694. The van der Waals surface area contributed by atoms with Crippen LogP contribution in [0, 0.1) is 5.92 Å². The van der Waals surface area contributed by atoms with Gasteiger partial charge in [-0.2, -0.15) is 4.98 Å². The van der Waals surface area contributed by atoms with E-state index in [1.165, 1.54) is 5.56 Å². The van der Waals surface area contributed by atoms with Crippen molar-refractivity contribution in [2.24, 2.45) is 5.92 Å². The smallest absolute Gasteiger partial charge is 0.227 e. The quantitative estimate of drug-likeness (QED) is 0.801. The molecule has 2 rings (SSSR count). The van der Waals surface area contributed by atoms with Crippen molar-refractivity contribution in [2.45, 2.75) is 33.7 Å². The number of anilines is 2.